The van der Waals surface area contributed by atoms with Crippen molar-refractivity contribution in [1.29, 1.82) is 0 Å². The Kier molecular flexibility index (Phi) is 13.1. The number of alkyl carbamates (subject to hydrolysis) is 1. The number of nitrogens with zero attached hydrogens (tertiary/aromatic N) is 1. The zero-order chi connectivity index (χ0) is 28.2. The van der Waals surface area contributed by atoms with E-state index in [1.807, 2.05) is 45.0 Å². The van der Waals surface area contributed by atoms with E-state index in [1.165, 1.54) is 4.90 Å². The Morgan fingerprint density at radius 1 is 0.973 bits per heavy atom. The Morgan fingerprint density at radius 2 is 1.57 bits per heavy atom. The van der Waals surface area contributed by atoms with Crippen molar-refractivity contribution in [2.75, 3.05) is 6.54 Å². The van der Waals surface area contributed by atoms with Crippen LogP contribution in [0.1, 0.15) is 97.2 Å². The van der Waals surface area contributed by atoms with Crippen LogP contribution in [0.5, 0.6) is 0 Å². The molecule has 2 atom stereocenters. The number of nitrogens with two attached hydrogens (primary N) is 1. The standard InChI is InChI=1S/C28H46N4O5/c1-8-9-10-11-12-17-32(24(25(34)30-19(2)3)21-15-13-20(4)14-16-21)26(35)22(18-23(29)33)31-27(36)37-28(5,6)7/h13-16,19,22,24H,8-12,17-18H2,1-7H3,(H2,29,33)(H,30,34)(H,31,36). The number of carbonyl (C=O) groups excluding carboxylic acids is 4. The topological polar surface area (TPSA) is 131 Å². The van der Waals surface area contributed by atoms with E-state index in [0.29, 0.717) is 12.0 Å². The maximum Gasteiger partial charge on any atom is 0.408 e. The van der Waals surface area contributed by atoms with Crippen LogP contribution in [0.2, 0.25) is 0 Å². The average molecular weight is 519 g/mol. The van der Waals surface area contributed by atoms with E-state index in [9.17, 15) is 19.2 Å². The summed E-state index contributed by atoms with van der Waals surface area (Å²) in [6.07, 6.45) is 3.44. The number of amides is 4. The van der Waals surface area contributed by atoms with Gasteiger partial charge in [-0.2, -0.15) is 0 Å². The van der Waals surface area contributed by atoms with Crippen LogP contribution in [-0.2, 0) is 19.1 Å². The Labute approximate surface area is 221 Å². The van der Waals surface area contributed by atoms with Gasteiger partial charge in [-0.1, -0.05) is 62.4 Å². The van der Waals surface area contributed by atoms with Crippen molar-refractivity contribution >= 4 is 23.8 Å². The molecule has 0 saturated heterocycles. The molecule has 0 aliphatic heterocycles. The zero-order valence-electron chi connectivity index (χ0n) is 23.6. The van der Waals surface area contributed by atoms with E-state index in [0.717, 1.165) is 31.2 Å². The fourth-order valence-corrected chi connectivity index (χ4v) is 3.89. The molecule has 0 saturated carbocycles. The summed E-state index contributed by atoms with van der Waals surface area (Å²) in [6.45, 7) is 13.1. The Hall–Kier alpha value is -3.10. The van der Waals surface area contributed by atoms with Gasteiger partial charge < -0.3 is 26.0 Å². The maximum atomic E-state index is 13.9. The van der Waals surface area contributed by atoms with Gasteiger partial charge in [0.05, 0.1) is 6.42 Å². The lowest BCUT2D eigenvalue weighted by Crippen LogP contribution is -2.54. The minimum absolute atomic E-state index is 0.150. The van der Waals surface area contributed by atoms with Crippen LogP contribution in [-0.4, -0.2) is 52.9 Å². The summed E-state index contributed by atoms with van der Waals surface area (Å²) >= 11 is 0. The first kappa shape index (κ1) is 31.9. The molecule has 0 aliphatic rings. The van der Waals surface area contributed by atoms with Crippen LogP contribution in [0.25, 0.3) is 0 Å². The van der Waals surface area contributed by atoms with Crippen LogP contribution in [0, 0.1) is 6.92 Å². The molecule has 0 aromatic heterocycles. The molecule has 9 heteroatoms. The molecule has 4 N–H and O–H groups in total. The Morgan fingerprint density at radius 3 is 2.08 bits per heavy atom. The van der Waals surface area contributed by atoms with Gasteiger partial charge in [-0.05, 0) is 53.5 Å². The van der Waals surface area contributed by atoms with Gasteiger partial charge in [-0.25, -0.2) is 4.79 Å². The molecule has 1 rings (SSSR count). The van der Waals surface area contributed by atoms with Crippen LogP contribution in [0.4, 0.5) is 4.79 Å². The lowest BCUT2D eigenvalue weighted by atomic mass is 10.00. The monoisotopic (exact) mass is 518 g/mol. The average Bonchev–Trinajstić information content (AvgIpc) is 2.76. The quantitative estimate of drug-likeness (QED) is 0.319. The molecule has 9 nitrogen and oxygen atoms in total. The summed E-state index contributed by atoms with van der Waals surface area (Å²) in [5, 5.41) is 5.42. The third kappa shape index (κ3) is 12.1. The number of nitrogens with one attached hydrogen (secondary N) is 2. The molecule has 0 fully saturated rings. The van der Waals surface area contributed by atoms with Gasteiger partial charge in [0.15, 0.2) is 0 Å². The summed E-state index contributed by atoms with van der Waals surface area (Å²) in [5.74, 6) is -1.66. The lowest BCUT2D eigenvalue weighted by Gasteiger charge is -2.35. The molecule has 0 spiro atoms. The fraction of sp³-hybridized carbons (Fsp3) is 0.643. The number of unbranched alkanes of at least 4 members (excludes halogenated alkanes) is 4. The van der Waals surface area contributed by atoms with Gasteiger partial charge in [-0.3, -0.25) is 14.4 Å². The van der Waals surface area contributed by atoms with Gasteiger partial charge in [0.2, 0.25) is 17.7 Å². The van der Waals surface area contributed by atoms with Crippen molar-refractivity contribution in [3.05, 3.63) is 35.4 Å². The first-order valence-corrected chi connectivity index (χ1v) is 13.2. The highest BCUT2D eigenvalue weighted by Crippen LogP contribution is 2.25. The van der Waals surface area contributed by atoms with Crippen molar-refractivity contribution in [3.8, 4) is 0 Å². The van der Waals surface area contributed by atoms with Gasteiger partial charge in [0.1, 0.15) is 17.7 Å². The molecule has 0 bridgehead atoms. The highest BCUT2D eigenvalue weighted by atomic mass is 16.6. The molecule has 37 heavy (non-hydrogen) atoms. The maximum absolute atomic E-state index is 13.9. The molecule has 0 heterocycles. The van der Waals surface area contributed by atoms with E-state index >= 15 is 0 Å². The second-order valence-corrected chi connectivity index (χ2v) is 10.8. The molecule has 1 aromatic carbocycles. The summed E-state index contributed by atoms with van der Waals surface area (Å²) < 4.78 is 5.31. The predicted molar refractivity (Wildman–Crippen MR) is 145 cm³/mol. The Balaban J connectivity index is 3.44. The van der Waals surface area contributed by atoms with E-state index in [-0.39, 0.29) is 18.5 Å². The zero-order valence-corrected chi connectivity index (χ0v) is 23.6. The second kappa shape index (κ2) is 15.2. The third-order valence-corrected chi connectivity index (χ3v) is 5.56. The number of aryl methyl sites for hydroxylation is 1. The van der Waals surface area contributed by atoms with Gasteiger partial charge >= 0.3 is 6.09 Å². The number of carbonyl (C=O) groups is 4. The van der Waals surface area contributed by atoms with Crippen molar-refractivity contribution in [2.24, 2.45) is 5.73 Å². The van der Waals surface area contributed by atoms with E-state index in [1.54, 1.807) is 20.8 Å². The molecule has 1 aromatic rings. The number of benzene rings is 1. The molecular formula is C28H46N4O5. The van der Waals surface area contributed by atoms with Crippen molar-refractivity contribution < 1.29 is 23.9 Å². The van der Waals surface area contributed by atoms with Crippen LogP contribution >= 0.6 is 0 Å². The van der Waals surface area contributed by atoms with Crippen molar-refractivity contribution in [2.45, 2.75) is 111 Å². The number of primary amides is 1. The second-order valence-electron chi connectivity index (χ2n) is 10.8. The number of rotatable bonds is 14. The minimum atomic E-state index is -1.28. The summed E-state index contributed by atoms with van der Waals surface area (Å²) in [6, 6.07) is 5.04. The third-order valence-electron chi connectivity index (χ3n) is 5.56. The van der Waals surface area contributed by atoms with Crippen molar-refractivity contribution in [1.82, 2.24) is 15.5 Å². The van der Waals surface area contributed by atoms with Crippen molar-refractivity contribution in [3.63, 3.8) is 0 Å². The van der Waals surface area contributed by atoms with Crippen LogP contribution < -0.4 is 16.4 Å². The highest BCUT2D eigenvalue weighted by Gasteiger charge is 2.36. The normalized spacial score (nSPS) is 13.0. The SMILES string of the molecule is CCCCCCCN(C(=O)C(CC(N)=O)NC(=O)OC(C)(C)C)C(C(=O)NC(C)C)c1ccc(C)cc1. The van der Waals surface area contributed by atoms with Crippen LogP contribution in [0.3, 0.4) is 0 Å². The number of hydrogen-bond donors (Lipinski definition) is 3. The molecular weight excluding hydrogens is 472 g/mol. The van der Waals surface area contributed by atoms with E-state index in [4.69, 9.17) is 10.5 Å². The summed E-state index contributed by atoms with van der Waals surface area (Å²) in [7, 11) is 0. The summed E-state index contributed by atoms with van der Waals surface area (Å²) in [5.41, 5.74) is 6.29. The highest BCUT2D eigenvalue weighted by molar-refractivity contribution is 5.94. The first-order valence-electron chi connectivity index (χ1n) is 13.2. The number of hydrogen-bond acceptors (Lipinski definition) is 5. The molecule has 4 amide bonds. The number of ether oxygens (including phenoxy) is 1. The van der Waals surface area contributed by atoms with E-state index in [2.05, 4.69) is 17.6 Å². The minimum Gasteiger partial charge on any atom is -0.444 e. The van der Waals surface area contributed by atoms with Gasteiger partial charge in [-0.15, -0.1) is 0 Å². The lowest BCUT2D eigenvalue weighted by molar-refractivity contribution is -0.143. The van der Waals surface area contributed by atoms with Gasteiger partial charge in [0.25, 0.3) is 0 Å². The largest absolute Gasteiger partial charge is 0.444 e. The molecule has 0 radical (unpaired) electrons. The van der Waals surface area contributed by atoms with E-state index < -0.39 is 42.0 Å². The molecule has 2 unspecified atom stereocenters. The summed E-state index contributed by atoms with van der Waals surface area (Å²) in [4.78, 5) is 53.3. The Bertz CT molecular complexity index is 893. The molecule has 208 valence electrons. The molecule has 0 aliphatic carbocycles. The van der Waals surface area contributed by atoms with Gasteiger partial charge in [0, 0.05) is 12.6 Å². The predicted octanol–water partition coefficient (Wildman–Crippen LogP) is 4.13. The fourth-order valence-electron chi connectivity index (χ4n) is 3.89. The smallest absolute Gasteiger partial charge is 0.408 e. The van der Waals surface area contributed by atoms with Crippen LogP contribution in [0.15, 0.2) is 24.3 Å². The first-order chi connectivity index (χ1) is 17.2.